The molecule has 1 aromatic carbocycles. The van der Waals surface area contributed by atoms with Crippen LogP contribution in [0.1, 0.15) is 20.7 Å². The van der Waals surface area contributed by atoms with E-state index in [4.69, 9.17) is 0 Å². The van der Waals surface area contributed by atoms with Crippen LogP contribution in [0.5, 0.6) is 0 Å². The number of carboxylic acids is 2. The van der Waals surface area contributed by atoms with Crippen LogP contribution in [0.15, 0.2) is 24.3 Å². The summed E-state index contributed by atoms with van der Waals surface area (Å²) < 4.78 is 0. The molecule has 0 heterocycles. The summed E-state index contributed by atoms with van der Waals surface area (Å²) in [6.07, 6.45) is 0. The SMILES string of the molecule is O=C([O-])c1ccccc1C(=O)[O-].[Ba+2].[Zr]. The zero-order valence-electron chi connectivity index (χ0n) is 7.15. The largest absolute Gasteiger partial charge is 2.00 e. The van der Waals surface area contributed by atoms with Crippen LogP contribution in [0.4, 0.5) is 0 Å². The van der Waals surface area contributed by atoms with Crippen molar-refractivity contribution in [3.05, 3.63) is 35.4 Å². The van der Waals surface area contributed by atoms with Gasteiger partial charge in [-0.05, 0) is 0 Å². The van der Waals surface area contributed by atoms with Gasteiger partial charge in [0.25, 0.3) is 0 Å². The van der Waals surface area contributed by atoms with E-state index in [1.54, 1.807) is 0 Å². The summed E-state index contributed by atoms with van der Waals surface area (Å²) in [5, 5.41) is 20.6. The van der Waals surface area contributed by atoms with Crippen LogP contribution in [0, 0.1) is 0 Å². The monoisotopic (exact) mass is 392 g/mol. The summed E-state index contributed by atoms with van der Waals surface area (Å²) in [4.78, 5) is 20.6. The maximum absolute atomic E-state index is 10.3. The van der Waals surface area contributed by atoms with Crippen LogP contribution in [0.3, 0.4) is 0 Å². The summed E-state index contributed by atoms with van der Waals surface area (Å²) in [6, 6.07) is 5.14. The van der Waals surface area contributed by atoms with Gasteiger partial charge in [0.1, 0.15) is 0 Å². The number of carboxylic acid groups (broad SMARTS) is 2. The quantitative estimate of drug-likeness (QED) is 0.547. The molecule has 0 bridgehead atoms. The van der Waals surface area contributed by atoms with Crippen molar-refractivity contribution in [1.29, 1.82) is 0 Å². The van der Waals surface area contributed by atoms with Gasteiger partial charge >= 0.3 is 48.9 Å². The molecular weight excluding hydrogens is 389 g/mol. The van der Waals surface area contributed by atoms with Gasteiger partial charge in [-0.3, -0.25) is 0 Å². The average molecular weight is 393 g/mol. The average Bonchev–Trinajstić information content (AvgIpc) is 2.04. The summed E-state index contributed by atoms with van der Waals surface area (Å²) in [7, 11) is 0. The van der Waals surface area contributed by atoms with Crippen molar-refractivity contribution >= 4 is 60.8 Å². The molecule has 66 valence electrons. The molecule has 0 radical (unpaired) electrons. The van der Waals surface area contributed by atoms with Gasteiger partial charge in [0, 0.05) is 37.3 Å². The number of rotatable bonds is 2. The fourth-order valence-corrected chi connectivity index (χ4v) is 0.839. The summed E-state index contributed by atoms with van der Waals surface area (Å²) in [5.41, 5.74) is -0.727. The van der Waals surface area contributed by atoms with E-state index in [-0.39, 0.29) is 86.2 Å². The van der Waals surface area contributed by atoms with Crippen LogP contribution in [-0.4, -0.2) is 60.8 Å². The minimum absolute atomic E-state index is 0. The van der Waals surface area contributed by atoms with Gasteiger partial charge in [0.2, 0.25) is 0 Å². The third-order valence-electron chi connectivity index (χ3n) is 1.37. The molecule has 0 unspecified atom stereocenters. The molecule has 0 saturated heterocycles. The standard InChI is InChI=1S/C8H6O4.Ba.Zr/c9-7(10)5-3-1-2-4-6(5)8(11)12;;/h1-4H,(H,9,10)(H,11,12);;/q;+2;/p-2. The van der Waals surface area contributed by atoms with Crippen molar-refractivity contribution in [1.82, 2.24) is 0 Å². The number of carbonyl (C=O) groups excluding carboxylic acids is 2. The predicted octanol–water partition coefficient (Wildman–Crippen LogP) is -1.97. The Balaban J connectivity index is 0. The van der Waals surface area contributed by atoms with Crippen LogP contribution < -0.4 is 10.2 Å². The fraction of sp³-hybridized carbons (Fsp3) is 0. The first-order valence-corrected chi connectivity index (χ1v) is 3.14. The van der Waals surface area contributed by atoms with Gasteiger partial charge in [-0.2, -0.15) is 0 Å². The molecule has 1 aromatic rings. The number of benzene rings is 1. The molecule has 0 aliphatic carbocycles. The summed E-state index contributed by atoms with van der Waals surface area (Å²) in [5.74, 6) is -3.04. The van der Waals surface area contributed by atoms with Gasteiger partial charge in [0.15, 0.2) is 0 Å². The Morgan fingerprint density at radius 3 is 1.43 bits per heavy atom. The van der Waals surface area contributed by atoms with E-state index in [0.717, 1.165) is 12.1 Å². The molecule has 6 heteroatoms. The second kappa shape index (κ2) is 7.85. The number of aromatic carboxylic acids is 2. The van der Waals surface area contributed by atoms with E-state index < -0.39 is 11.9 Å². The normalized spacial score (nSPS) is 8.00. The van der Waals surface area contributed by atoms with E-state index >= 15 is 0 Å². The molecule has 0 atom stereocenters. The Labute approximate surface area is 140 Å². The van der Waals surface area contributed by atoms with E-state index in [1.165, 1.54) is 12.1 Å². The number of hydrogen-bond acceptors (Lipinski definition) is 4. The first kappa shape index (κ1) is 17.0. The van der Waals surface area contributed by atoms with Gasteiger partial charge in [-0.1, -0.05) is 24.3 Å². The Bertz CT molecular complexity index is 307. The van der Waals surface area contributed by atoms with Gasteiger partial charge in [-0.25, -0.2) is 0 Å². The van der Waals surface area contributed by atoms with E-state index in [2.05, 4.69) is 0 Å². The third-order valence-corrected chi connectivity index (χ3v) is 1.37. The van der Waals surface area contributed by atoms with Crippen molar-refractivity contribution in [3.8, 4) is 0 Å². The second-order valence-corrected chi connectivity index (χ2v) is 2.12. The molecule has 0 aromatic heterocycles. The molecule has 0 aliphatic rings. The van der Waals surface area contributed by atoms with Crippen molar-refractivity contribution in [3.63, 3.8) is 0 Å². The van der Waals surface area contributed by atoms with E-state index in [1.807, 2.05) is 0 Å². The summed E-state index contributed by atoms with van der Waals surface area (Å²) in [6.45, 7) is 0. The fourth-order valence-electron chi connectivity index (χ4n) is 0.839. The summed E-state index contributed by atoms with van der Waals surface area (Å²) >= 11 is 0. The maximum atomic E-state index is 10.3. The molecule has 4 nitrogen and oxygen atoms in total. The topological polar surface area (TPSA) is 80.3 Å². The first-order chi connectivity index (χ1) is 5.63. The molecule has 0 N–H and O–H groups in total. The Hall–Kier alpha value is 0.615. The van der Waals surface area contributed by atoms with Gasteiger partial charge < -0.3 is 19.8 Å². The molecule has 0 amide bonds. The van der Waals surface area contributed by atoms with Crippen LogP contribution in [0.2, 0.25) is 0 Å². The molecule has 0 saturated carbocycles. The molecule has 0 spiro atoms. The molecule has 1 rings (SSSR count). The predicted molar refractivity (Wildman–Crippen MR) is 40.9 cm³/mol. The second-order valence-electron chi connectivity index (χ2n) is 2.12. The van der Waals surface area contributed by atoms with Crippen LogP contribution in [0.25, 0.3) is 0 Å². The molecule has 0 aliphatic heterocycles. The molecule has 14 heavy (non-hydrogen) atoms. The van der Waals surface area contributed by atoms with E-state index in [0.29, 0.717) is 0 Å². The zero-order chi connectivity index (χ0) is 9.14. The van der Waals surface area contributed by atoms with Crippen molar-refractivity contribution in [2.45, 2.75) is 0 Å². The minimum atomic E-state index is -1.52. The number of carbonyl (C=O) groups is 2. The Morgan fingerprint density at radius 2 is 1.21 bits per heavy atom. The first-order valence-electron chi connectivity index (χ1n) is 3.14. The zero-order valence-corrected chi connectivity index (χ0v) is 14.0. The van der Waals surface area contributed by atoms with E-state index in [9.17, 15) is 19.8 Å². The Morgan fingerprint density at radius 1 is 0.929 bits per heavy atom. The van der Waals surface area contributed by atoms with Crippen molar-refractivity contribution in [2.24, 2.45) is 0 Å². The van der Waals surface area contributed by atoms with Crippen molar-refractivity contribution in [2.75, 3.05) is 0 Å². The number of hydrogen-bond donors (Lipinski definition) is 0. The van der Waals surface area contributed by atoms with Crippen LogP contribution in [-0.2, 0) is 26.2 Å². The smallest absolute Gasteiger partial charge is 0.545 e. The van der Waals surface area contributed by atoms with Crippen molar-refractivity contribution < 1.29 is 46.0 Å². The third kappa shape index (κ3) is 4.42. The Kier molecular flexibility index (Phi) is 9.54. The molecule has 0 fully saturated rings. The molecular formula is C8H4BaO4Zr. The van der Waals surface area contributed by atoms with Gasteiger partial charge in [-0.15, -0.1) is 0 Å². The van der Waals surface area contributed by atoms with Gasteiger partial charge in [0.05, 0.1) is 11.9 Å². The minimum Gasteiger partial charge on any atom is -0.545 e. The maximum Gasteiger partial charge on any atom is 2.00 e. The van der Waals surface area contributed by atoms with Crippen LogP contribution >= 0.6 is 0 Å².